The fourth-order valence-electron chi connectivity index (χ4n) is 1.44. The normalized spacial score (nSPS) is 12.4. The van der Waals surface area contributed by atoms with E-state index in [0.29, 0.717) is 12.0 Å². The molecule has 1 atom stereocenters. The Morgan fingerprint density at radius 3 is 2.50 bits per heavy atom. The Morgan fingerprint density at radius 1 is 1.39 bits per heavy atom. The van der Waals surface area contributed by atoms with E-state index >= 15 is 0 Å². The van der Waals surface area contributed by atoms with Crippen LogP contribution in [0.4, 0.5) is 0 Å². The van der Waals surface area contributed by atoms with Crippen molar-refractivity contribution in [3.05, 3.63) is 29.8 Å². The van der Waals surface area contributed by atoms with Crippen LogP contribution in [0.25, 0.3) is 0 Å². The van der Waals surface area contributed by atoms with E-state index in [0.717, 1.165) is 0 Å². The quantitative estimate of drug-likeness (QED) is 0.647. The topological polar surface area (TPSA) is 69.9 Å². The van der Waals surface area contributed by atoms with E-state index in [1.807, 2.05) is 13.8 Å². The molecule has 2 N–H and O–H groups in total. The van der Waals surface area contributed by atoms with Crippen LogP contribution in [0.1, 0.15) is 25.8 Å². The molecule has 0 spiro atoms. The van der Waals surface area contributed by atoms with Gasteiger partial charge in [-0.25, -0.2) is 4.79 Å². The minimum Gasteiger partial charge on any atom is -0.507 e. The Balaban J connectivity index is 0.00000289. The number of hydrogen-bond acceptors (Lipinski definition) is 3. The summed E-state index contributed by atoms with van der Waals surface area (Å²) >= 11 is 0. The summed E-state index contributed by atoms with van der Waals surface area (Å²) in [5, 5.41) is 18.5. The zero-order valence-corrected chi connectivity index (χ0v) is 11.2. The molecular weight excluding hydrogens is 282 g/mol. The smallest absolute Gasteiger partial charge is 0.328 e. The number of aliphatic carboxylic acids is 1. The molecule has 5 heteroatoms. The molecule has 0 aromatic heterocycles. The first-order chi connectivity index (χ1) is 8.00. The Hall–Kier alpha value is -1.32. The van der Waals surface area contributed by atoms with Gasteiger partial charge in [0.2, 0.25) is 0 Å². The van der Waals surface area contributed by atoms with Crippen LogP contribution in [0.5, 0.6) is 5.75 Å². The van der Waals surface area contributed by atoms with E-state index in [-0.39, 0.29) is 28.7 Å². The van der Waals surface area contributed by atoms with Crippen molar-refractivity contribution >= 4 is 12.2 Å². The average Bonchev–Trinajstić information content (AvgIpc) is 2.25. The largest absolute Gasteiger partial charge is 0.507 e. The van der Waals surface area contributed by atoms with Crippen LogP contribution in [0.15, 0.2) is 29.3 Å². The van der Waals surface area contributed by atoms with Crippen LogP contribution in [0, 0.1) is 5.92 Å². The molecule has 0 fully saturated rings. The third kappa shape index (κ3) is 5.34. The zero-order chi connectivity index (χ0) is 12.8. The molecule has 4 nitrogen and oxygen atoms in total. The molecule has 0 aliphatic carbocycles. The van der Waals surface area contributed by atoms with Gasteiger partial charge in [0, 0.05) is 28.8 Å². The second kappa shape index (κ2) is 7.90. The number of rotatable bonds is 5. The summed E-state index contributed by atoms with van der Waals surface area (Å²) in [5.41, 5.74) is 0.530. The summed E-state index contributed by atoms with van der Waals surface area (Å²) in [7, 11) is 0. The van der Waals surface area contributed by atoms with Crippen LogP contribution in [-0.2, 0) is 21.9 Å². The zero-order valence-electron chi connectivity index (χ0n) is 10.3. The van der Waals surface area contributed by atoms with Gasteiger partial charge in [-0.2, -0.15) is 0 Å². The number of carbonyl (C=O) groups is 1. The third-order valence-electron chi connectivity index (χ3n) is 2.31. The molecule has 0 amide bonds. The number of para-hydroxylation sites is 1. The Morgan fingerprint density at radius 2 is 2.00 bits per heavy atom. The number of carboxylic acids is 1. The van der Waals surface area contributed by atoms with Gasteiger partial charge in [-0.05, 0) is 24.5 Å². The SMILES string of the molecule is CC(C)C[C@H](N=Cc1ccccc1O)C(=O)O.[Cu]. The second-order valence-electron chi connectivity index (χ2n) is 4.32. The molecule has 0 aliphatic rings. The summed E-state index contributed by atoms with van der Waals surface area (Å²) in [6, 6.07) is 5.94. The van der Waals surface area contributed by atoms with Crippen LogP contribution >= 0.6 is 0 Å². The minimum atomic E-state index is -0.939. The standard InChI is InChI=1S/C13H17NO3.Cu/c1-9(2)7-11(13(16)17)14-8-10-5-3-4-6-12(10)15;/h3-6,8-9,11,15H,7H2,1-2H3,(H,16,17);/t11-;/m0./s1. The number of phenolic OH excluding ortho intramolecular Hbond substituents is 1. The maximum absolute atomic E-state index is 11.0. The molecule has 1 aromatic carbocycles. The van der Waals surface area contributed by atoms with Crippen LogP contribution < -0.4 is 0 Å². The summed E-state index contributed by atoms with van der Waals surface area (Å²) in [5.74, 6) is -0.576. The fourth-order valence-corrected chi connectivity index (χ4v) is 1.44. The molecule has 1 rings (SSSR count). The predicted octanol–water partition coefficient (Wildman–Crippen LogP) is 2.31. The number of aliphatic imine (C=N–C) groups is 1. The van der Waals surface area contributed by atoms with Crippen LogP contribution in [0.2, 0.25) is 0 Å². The monoisotopic (exact) mass is 298 g/mol. The van der Waals surface area contributed by atoms with Crippen molar-refractivity contribution in [3.8, 4) is 5.75 Å². The van der Waals surface area contributed by atoms with Crippen molar-refractivity contribution < 1.29 is 32.1 Å². The average molecular weight is 299 g/mol. The van der Waals surface area contributed by atoms with E-state index in [1.165, 1.54) is 6.21 Å². The van der Waals surface area contributed by atoms with Gasteiger partial charge in [0.1, 0.15) is 11.8 Å². The number of phenols is 1. The molecule has 0 saturated carbocycles. The first-order valence-electron chi connectivity index (χ1n) is 5.54. The molecule has 0 bridgehead atoms. The Bertz CT molecular complexity index is 418. The molecule has 1 radical (unpaired) electrons. The molecule has 0 unspecified atom stereocenters. The van der Waals surface area contributed by atoms with Gasteiger partial charge < -0.3 is 10.2 Å². The van der Waals surface area contributed by atoms with Gasteiger partial charge in [-0.1, -0.05) is 26.0 Å². The Labute approximate surface area is 117 Å². The number of benzene rings is 1. The number of aromatic hydroxyl groups is 1. The van der Waals surface area contributed by atoms with Gasteiger partial charge in [-0.15, -0.1) is 0 Å². The second-order valence-corrected chi connectivity index (χ2v) is 4.32. The van der Waals surface area contributed by atoms with Crippen molar-refractivity contribution in [3.63, 3.8) is 0 Å². The molecule has 0 saturated heterocycles. The fraction of sp³-hybridized carbons (Fsp3) is 0.385. The number of nitrogens with zero attached hydrogens (tertiary/aromatic N) is 1. The Kier molecular flexibility index (Phi) is 7.32. The van der Waals surface area contributed by atoms with Gasteiger partial charge >= 0.3 is 5.97 Å². The molecule has 18 heavy (non-hydrogen) atoms. The van der Waals surface area contributed by atoms with E-state index in [9.17, 15) is 9.90 Å². The molecular formula is C13H17CuNO3. The van der Waals surface area contributed by atoms with E-state index in [1.54, 1.807) is 24.3 Å². The summed E-state index contributed by atoms with van der Waals surface area (Å²) in [4.78, 5) is 15.0. The number of carboxylic acid groups (broad SMARTS) is 1. The van der Waals surface area contributed by atoms with Gasteiger partial charge in [0.05, 0.1) is 0 Å². The molecule has 0 aliphatic heterocycles. The van der Waals surface area contributed by atoms with E-state index in [4.69, 9.17) is 5.11 Å². The van der Waals surface area contributed by atoms with Crippen molar-refractivity contribution in [1.82, 2.24) is 0 Å². The number of hydrogen-bond donors (Lipinski definition) is 2. The molecule has 1 aromatic rings. The third-order valence-corrected chi connectivity index (χ3v) is 2.31. The first kappa shape index (κ1) is 16.7. The molecule has 103 valence electrons. The van der Waals surface area contributed by atoms with Gasteiger partial charge in [0.15, 0.2) is 0 Å². The van der Waals surface area contributed by atoms with Crippen molar-refractivity contribution in [1.29, 1.82) is 0 Å². The van der Waals surface area contributed by atoms with Crippen molar-refractivity contribution in [2.45, 2.75) is 26.3 Å². The van der Waals surface area contributed by atoms with E-state index in [2.05, 4.69) is 4.99 Å². The first-order valence-corrected chi connectivity index (χ1v) is 5.54. The summed E-state index contributed by atoms with van der Waals surface area (Å²) in [6.07, 6.45) is 1.90. The minimum absolute atomic E-state index is 0. The molecule has 0 heterocycles. The summed E-state index contributed by atoms with van der Waals surface area (Å²) < 4.78 is 0. The summed E-state index contributed by atoms with van der Waals surface area (Å²) in [6.45, 7) is 3.90. The maximum Gasteiger partial charge on any atom is 0.328 e. The van der Waals surface area contributed by atoms with Gasteiger partial charge in [0.25, 0.3) is 0 Å². The van der Waals surface area contributed by atoms with Crippen molar-refractivity contribution in [2.24, 2.45) is 10.9 Å². The maximum atomic E-state index is 11.0. The van der Waals surface area contributed by atoms with Crippen LogP contribution in [-0.4, -0.2) is 28.4 Å². The predicted molar refractivity (Wildman–Crippen MR) is 66.6 cm³/mol. The van der Waals surface area contributed by atoms with Crippen molar-refractivity contribution in [2.75, 3.05) is 0 Å². The van der Waals surface area contributed by atoms with Gasteiger partial charge in [-0.3, -0.25) is 4.99 Å². The van der Waals surface area contributed by atoms with Crippen LogP contribution in [0.3, 0.4) is 0 Å². The van der Waals surface area contributed by atoms with E-state index < -0.39 is 12.0 Å².